The van der Waals surface area contributed by atoms with Crippen LogP contribution < -0.4 is 10.2 Å². The van der Waals surface area contributed by atoms with Gasteiger partial charge in [0.05, 0.1) is 0 Å². The maximum Gasteiger partial charge on any atom is 0.328 e. The standard InChI is InChI=1S/C15H17BrN2O3/c1-2-12-15(21)17-7-8-18(12)13-5-4-11(16)9-10(13)3-6-14(19)20/h3-6,9,12H,2,7-8H2,1H3,(H,17,21)(H,19,20)/b6-3+. The summed E-state index contributed by atoms with van der Waals surface area (Å²) in [6.45, 7) is 3.27. The van der Waals surface area contributed by atoms with Gasteiger partial charge in [0, 0.05) is 29.3 Å². The molecule has 1 fully saturated rings. The molecule has 1 saturated heterocycles. The average Bonchev–Trinajstić information content (AvgIpc) is 2.45. The van der Waals surface area contributed by atoms with Crippen LogP contribution in [0.1, 0.15) is 18.9 Å². The summed E-state index contributed by atoms with van der Waals surface area (Å²) >= 11 is 3.39. The van der Waals surface area contributed by atoms with E-state index in [-0.39, 0.29) is 11.9 Å². The van der Waals surface area contributed by atoms with E-state index in [9.17, 15) is 9.59 Å². The van der Waals surface area contributed by atoms with Gasteiger partial charge in [-0.05, 0) is 36.3 Å². The van der Waals surface area contributed by atoms with Crippen LogP contribution in [-0.4, -0.2) is 36.1 Å². The first-order valence-corrected chi connectivity index (χ1v) is 7.57. The van der Waals surface area contributed by atoms with Crippen LogP contribution in [0.3, 0.4) is 0 Å². The van der Waals surface area contributed by atoms with Crippen molar-refractivity contribution >= 4 is 39.6 Å². The maximum absolute atomic E-state index is 12.0. The fraction of sp³-hybridized carbons (Fsp3) is 0.333. The van der Waals surface area contributed by atoms with Gasteiger partial charge in [-0.3, -0.25) is 4.79 Å². The molecule has 112 valence electrons. The molecule has 1 aromatic carbocycles. The molecule has 0 radical (unpaired) electrons. The Morgan fingerprint density at radius 3 is 3.00 bits per heavy atom. The molecule has 5 nitrogen and oxygen atoms in total. The summed E-state index contributed by atoms with van der Waals surface area (Å²) < 4.78 is 0.866. The SMILES string of the molecule is CCC1C(=O)NCCN1c1ccc(Br)cc1/C=C/C(=O)O. The summed E-state index contributed by atoms with van der Waals surface area (Å²) in [7, 11) is 0. The maximum atomic E-state index is 12.0. The first kappa shape index (κ1) is 15.6. The van der Waals surface area contributed by atoms with E-state index < -0.39 is 5.97 Å². The van der Waals surface area contributed by atoms with Gasteiger partial charge in [-0.1, -0.05) is 22.9 Å². The highest BCUT2D eigenvalue weighted by Crippen LogP contribution is 2.29. The zero-order valence-corrected chi connectivity index (χ0v) is 13.3. The van der Waals surface area contributed by atoms with E-state index in [4.69, 9.17) is 5.11 Å². The van der Waals surface area contributed by atoms with E-state index in [1.165, 1.54) is 0 Å². The number of hydrogen-bond acceptors (Lipinski definition) is 3. The number of hydrogen-bond donors (Lipinski definition) is 2. The number of nitrogens with one attached hydrogen (secondary N) is 1. The molecule has 2 rings (SSSR count). The van der Waals surface area contributed by atoms with Gasteiger partial charge in [0.2, 0.25) is 5.91 Å². The molecule has 1 aliphatic rings. The van der Waals surface area contributed by atoms with Crippen LogP contribution in [-0.2, 0) is 9.59 Å². The van der Waals surface area contributed by atoms with Crippen LogP contribution in [0.25, 0.3) is 6.08 Å². The number of anilines is 1. The molecule has 0 spiro atoms. The highest BCUT2D eigenvalue weighted by atomic mass is 79.9. The summed E-state index contributed by atoms with van der Waals surface area (Å²) in [5, 5.41) is 11.7. The second-order valence-electron chi connectivity index (χ2n) is 4.78. The lowest BCUT2D eigenvalue weighted by atomic mass is 10.1. The number of benzene rings is 1. The van der Waals surface area contributed by atoms with Crippen LogP contribution in [0.4, 0.5) is 5.69 Å². The lowest BCUT2D eigenvalue weighted by molar-refractivity contribution is -0.131. The molecule has 1 amide bonds. The Kier molecular flexibility index (Phi) is 5.01. The molecule has 0 aliphatic carbocycles. The number of carbonyl (C=O) groups excluding carboxylic acids is 1. The Hall–Kier alpha value is -1.82. The van der Waals surface area contributed by atoms with Crippen molar-refractivity contribution < 1.29 is 14.7 Å². The molecule has 1 aromatic rings. The Bertz CT molecular complexity index is 586. The van der Waals surface area contributed by atoms with Gasteiger partial charge >= 0.3 is 5.97 Å². The Labute approximate surface area is 131 Å². The summed E-state index contributed by atoms with van der Waals surface area (Å²) in [5.41, 5.74) is 1.65. The molecule has 1 aliphatic heterocycles. The molecule has 1 heterocycles. The molecular weight excluding hydrogens is 336 g/mol. The third-order valence-corrected chi connectivity index (χ3v) is 3.92. The van der Waals surface area contributed by atoms with Crippen LogP contribution in [0.5, 0.6) is 0 Å². The van der Waals surface area contributed by atoms with E-state index >= 15 is 0 Å². The van der Waals surface area contributed by atoms with Crippen molar-refractivity contribution in [1.82, 2.24) is 5.32 Å². The van der Waals surface area contributed by atoms with Gasteiger partial charge in [0.15, 0.2) is 0 Å². The number of carbonyl (C=O) groups is 2. The van der Waals surface area contributed by atoms with E-state index in [1.807, 2.05) is 30.0 Å². The average molecular weight is 353 g/mol. The van der Waals surface area contributed by atoms with Crippen LogP contribution >= 0.6 is 15.9 Å². The van der Waals surface area contributed by atoms with Gasteiger partial charge in [0.1, 0.15) is 6.04 Å². The Morgan fingerprint density at radius 2 is 2.33 bits per heavy atom. The van der Waals surface area contributed by atoms with Crippen molar-refractivity contribution in [3.63, 3.8) is 0 Å². The summed E-state index contributed by atoms with van der Waals surface area (Å²) in [5.74, 6) is -0.982. The van der Waals surface area contributed by atoms with Crippen molar-refractivity contribution in [2.45, 2.75) is 19.4 Å². The summed E-state index contributed by atoms with van der Waals surface area (Å²) in [6, 6.07) is 5.44. The molecule has 0 aromatic heterocycles. The Morgan fingerprint density at radius 1 is 1.57 bits per heavy atom. The van der Waals surface area contributed by atoms with E-state index in [2.05, 4.69) is 21.2 Å². The first-order valence-electron chi connectivity index (χ1n) is 6.78. The fourth-order valence-electron chi connectivity index (χ4n) is 2.49. The third-order valence-electron chi connectivity index (χ3n) is 3.42. The van der Waals surface area contributed by atoms with Gasteiger partial charge in [0.25, 0.3) is 0 Å². The largest absolute Gasteiger partial charge is 0.478 e. The summed E-state index contributed by atoms with van der Waals surface area (Å²) in [6.07, 6.45) is 3.36. The second kappa shape index (κ2) is 6.76. The molecular formula is C15H17BrN2O3. The fourth-order valence-corrected chi connectivity index (χ4v) is 2.87. The second-order valence-corrected chi connectivity index (χ2v) is 5.70. The monoisotopic (exact) mass is 352 g/mol. The number of amides is 1. The molecule has 0 bridgehead atoms. The number of aliphatic carboxylic acids is 1. The highest BCUT2D eigenvalue weighted by molar-refractivity contribution is 9.10. The number of carboxylic acid groups (broad SMARTS) is 1. The van der Waals surface area contributed by atoms with Crippen molar-refractivity contribution in [2.24, 2.45) is 0 Å². The molecule has 1 unspecified atom stereocenters. The van der Waals surface area contributed by atoms with Crippen LogP contribution in [0, 0.1) is 0 Å². The minimum atomic E-state index is -0.996. The lowest BCUT2D eigenvalue weighted by Crippen LogP contribution is -2.55. The quantitative estimate of drug-likeness (QED) is 0.815. The first-order chi connectivity index (χ1) is 10.0. The molecule has 6 heteroatoms. The van der Waals surface area contributed by atoms with Gasteiger partial charge in [-0.15, -0.1) is 0 Å². The van der Waals surface area contributed by atoms with Gasteiger partial charge < -0.3 is 15.3 Å². The Balaban J connectivity index is 2.41. The van der Waals surface area contributed by atoms with Crippen molar-refractivity contribution in [3.05, 3.63) is 34.3 Å². The normalized spacial score (nSPS) is 18.9. The predicted molar refractivity (Wildman–Crippen MR) is 85.2 cm³/mol. The van der Waals surface area contributed by atoms with Gasteiger partial charge in [-0.25, -0.2) is 4.79 Å². The predicted octanol–water partition coefficient (Wildman–Crippen LogP) is 2.26. The zero-order chi connectivity index (χ0) is 15.4. The molecule has 21 heavy (non-hydrogen) atoms. The molecule has 1 atom stereocenters. The lowest BCUT2D eigenvalue weighted by Gasteiger charge is -2.37. The molecule has 0 saturated carbocycles. The van der Waals surface area contributed by atoms with Crippen molar-refractivity contribution in [3.8, 4) is 0 Å². The minimum absolute atomic E-state index is 0.0137. The molecule has 2 N–H and O–H groups in total. The van der Waals surface area contributed by atoms with Crippen LogP contribution in [0.15, 0.2) is 28.7 Å². The van der Waals surface area contributed by atoms with Gasteiger partial charge in [-0.2, -0.15) is 0 Å². The van der Waals surface area contributed by atoms with Crippen molar-refractivity contribution in [1.29, 1.82) is 0 Å². The van der Waals surface area contributed by atoms with E-state index in [1.54, 1.807) is 6.08 Å². The zero-order valence-electron chi connectivity index (χ0n) is 11.7. The van der Waals surface area contributed by atoms with E-state index in [0.717, 1.165) is 21.8 Å². The smallest absolute Gasteiger partial charge is 0.328 e. The topological polar surface area (TPSA) is 69.6 Å². The number of rotatable bonds is 4. The van der Waals surface area contributed by atoms with Crippen LogP contribution in [0.2, 0.25) is 0 Å². The highest BCUT2D eigenvalue weighted by Gasteiger charge is 2.29. The van der Waals surface area contributed by atoms with E-state index in [0.29, 0.717) is 19.5 Å². The number of piperazine rings is 1. The number of halogens is 1. The summed E-state index contributed by atoms with van der Waals surface area (Å²) in [4.78, 5) is 24.8. The third kappa shape index (κ3) is 3.64. The number of nitrogens with zero attached hydrogens (tertiary/aromatic N) is 1. The minimum Gasteiger partial charge on any atom is -0.478 e. The number of carboxylic acids is 1. The van der Waals surface area contributed by atoms with Crippen molar-refractivity contribution in [2.75, 3.05) is 18.0 Å².